The molecule has 12 heavy (non-hydrogen) atoms. The summed E-state index contributed by atoms with van der Waals surface area (Å²) in [6.07, 6.45) is 1.75. The molecule has 0 saturated heterocycles. The summed E-state index contributed by atoms with van der Waals surface area (Å²) >= 11 is 3.34. The molecule has 0 aliphatic rings. The van der Waals surface area contributed by atoms with Crippen molar-refractivity contribution in [1.29, 1.82) is 0 Å². The lowest BCUT2D eigenvalue weighted by molar-refractivity contribution is 0.221. The lowest BCUT2D eigenvalue weighted by Gasteiger charge is -2.06. The van der Waals surface area contributed by atoms with Gasteiger partial charge in [-0.2, -0.15) is 0 Å². The van der Waals surface area contributed by atoms with Crippen LogP contribution in [0.4, 0.5) is 5.82 Å². The standard InChI is InChI=1S/C8H11BrN2O/c1-6-3-7(9)4-10-8(6)11-5-12-2/h3-4H,5H2,1-2H3,(H,10,11). The van der Waals surface area contributed by atoms with Gasteiger partial charge in [-0.05, 0) is 34.5 Å². The van der Waals surface area contributed by atoms with E-state index in [2.05, 4.69) is 26.2 Å². The summed E-state index contributed by atoms with van der Waals surface area (Å²) in [5.41, 5.74) is 1.10. The molecule has 0 amide bonds. The van der Waals surface area contributed by atoms with Crippen molar-refractivity contribution in [2.45, 2.75) is 6.92 Å². The fraction of sp³-hybridized carbons (Fsp3) is 0.375. The Hall–Kier alpha value is -0.610. The number of methoxy groups -OCH3 is 1. The number of aryl methyl sites for hydroxylation is 1. The molecule has 66 valence electrons. The highest BCUT2D eigenvalue weighted by molar-refractivity contribution is 9.10. The summed E-state index contributed by atoms with van der Waals surface area (Å²) in [4.78, 5) is 4.18. The van der Waals surface area contributed by atoms with E-state index in [4.69, 9.17) is 4.74 Å². The summed E-state index contributed by atoms with van der Waals surface area (Å²) < 4.78 is 5.86. The highest BCUT2D eigenvalue weighted by Crippen LogP contribution is 2.16. The minimum absolute atomic E-state index is 0.482. The molecule has 4 heteroatoms. The van der Waals surface area contributed by atoms with Crippen molar-refractivity contribution < 1.29 is 4.74 Å². The number of hydrogen-bond donors (Lipinski definition) is 1. The van der Waals surface area contributed by atoms with Gasteiger partial charge < -0.3 is 10.1 Å². The van der Waals surface area contributed by atoms with Crippen molar-refractivity contribution >= 4 is 21.7 Å². The van der Waals surface area contributed by atoms with Crippen molar-refractivity contribution in [3.8, 4) is 0 Å². The smallest absolute Gasteiger partial charge is 0.130 e. The maximum absolute atomic E-state index is 4.87. The molecule has 3 nitrogen and oxygen atoms in total. The van der Waals surface area contributed by atoms with Crippen molar-refractivity contribution in [1.82, 2.24) is 4.98 Å². The van der Waals surface area contributed by atoms with Gasteiger partial charge in [0.25, 0.3) is 0 Å². The minimum atomic E-state index is 0.482. The fourth-order valence-electron chi connectivity index (χ4n) is 0.866. The van der Waals surface area contributed by atoms with Crippen LogP contribution >= 0.6 is 15.9 Å². The Morgan fingerprint density at radius 2 is 2.42 bits per heavy atom. The van der Waals surface area contributed by atoms with E-state index in [1.54, 1.807) is 13.3 Å². The molecule has 1 aromatic rings. The normalized spacial score (nSPS) is 9.92. The second kappa shape index (κ2) is 4.42. The van der Waals surface area contributed by atoms with E-state index in [-0.39, 0.29) is 0 Å². The number of nitrogens with zero attached hydrogens (tertiary/aromatic N) is 1. The molecule has 0 aliphatic heterocycles. The fourth-order valence-corrected chi connectivity index (χ4v) is 1.31. The van der Waals surface area contributed by atoms with Gasteiger partial charge in [0.15, 0.2) is 0 Å². The highest BCUT2D eigenvalue weighted by atomic mass is 79.9. The summed E-state index contributed by atoms with van der Waals surface area (Å²) in [6.45, 7) is 2.48. The number of halogens is 1. The number of aromatic nitrogens is 1. The van der Waals surface area contributed by atoms with Crippen LogP contribution in [0.1, 0.15) is 5.56 Å². The molecule has 0 radical (unpaired) electrons. The Morgan fingerprint density at radius 1 is 1.67 bits per heavy atom. The Bertz CT molecular complexity index is 265. The zero-order chi connectivity index (χ0) is 8.97. The Balaban J connectivity index is 2.72. The highest BCUT2D eigenvalue weighted by Gasteiger charge is 1.98. The third kappa shape index (κ3) is 2.46. The average molecular weight is 231 g/mol. The number of pyridine rings is 1. The van der Waals surface area contributed by atoms with Crippen LogP contribution in [0.2, 0.25) is 0 Å². The summed E-state index contributed by atoms with van der Waals surface area (Å²) in [5, 5.41) is 3.04. The van der Waals surface area contributed by atoms with Gasteiger partial charge in [-0.3, -0.25) is 0 Å². The third-order valence-electron chi connectivity index (χ3n) is 1.43. The maximum atomic E-state index is 4.87. The van der Waals surface area contributed by atoms with Crippen LogP contribution < -0.4 is 5.32 Å². The average Bonchev–Trinajstić information content (AvgIpc) is 2.03. The monoisotopic (exact) mass is 230 g/mol. The predicted molar refractivity (Wildman–Crippen MR) is 52.2 cm³/mol. The van der Waals surface area contributed by atoms with Gasteiger partial charge in [-0.1, -0.05) is 0 Å². The predicted octanol–water partition coefficient (Wildman–Crippen LogP) is 2.17. The minimum Gasteiger partial charge on any atom is -0.365 e. The molecule has 1 N–H and O–H groups in total. The first kappa shape index (κ1) is 9.48. The summed E-state index contributed by atoms with van der Waals surface area (Å²) in [7, 11) is 1.64. The Morgan fingerprint density at radius 3 is 3.00 bits per heavy atom. The molecule has 0 unspecified atom stereocenters. The van der Waals surface area contributed by atoms with Gasteiger partial charge >= 0.3 is 0 Å². The number of nitrogens with one attached hydrogen (secondary N) is 1. The zero-order valence-electron chi connectivity index (χ0n) is 7.10. The molecule has 1 heterocycles. The summed E-state index contributed by atoms with van der Waals surface area (Å²) in [5.74, 6) is 0.861. The SMILES string of the molecule is COCNc1ncc(Br)cc1C. The third-order valence-corrected chi connectivity index (χ3v) is 1.86. The molecule has 0 aromatic carbocycles. The first-order valence-electron chi connectivity index (χ1n) is 3.59. The first-order valence-corrected chi connectivity index (χ1v) is 4.38. The van der Waals surface area contributed by atoms with Gasteiger partial charge in [-0.15, -0.1) is 0 Å². The Labute approximate surface area is 80.3 Å². The van der Waals surface area contributed by atoms with Crippen molar-refractivity contribution in [3.63, 3.8) is 0 Å². The molecule has 0 bridgehead atoms. The van der Waals surface area contributed by atoms with Gasteiger partial charge in [0.05, 0.1) is 0 Å². The number of hydrogen-bond acceptors (Lipinski definition) is 3. The lowest BCUT2D eigenvalue weighted by Crippen LogP contribution is -2.05. The van der Waals surface area contributed by atoms with Crippen LogP contribution in [0.5, 0.6) is 0 Å². The summed E-state index contributed by atoms with van der Waals surface area (Å²) in [6, 6.07) is 2.00. The number of rotatable bonds is 3. The maximum Gasteiger partial charge on any atom is 0.130 e. The lowest BCUT2D eigenvalue weighted by atomic mass is 10.3. The molecular weight excluding hydrogens is 220 g/mol. The largest absolute Gasteiger partial charge is 0.365 e. The van der Waals surface area contributed by atoms with Crippen molar-refractivity contribution in [2.75, 3.05) is 19.2 Å². The molecule has 0 aliphatic carbocycles. The van der Waals surface area contributed by atoms with E-state index in [1.165, 1.54) is 0 Å². The van der Waals surface area contributed by atoms with E-state index < -0.39 is 0 Å². The van der Waals surface area contributed by atoms with Crippen LogP contribution in [0, 0.1) is 6.92 Å². The second-order valence-corrected chi connectivity index (χ2v) is 3.34. The van der Waals surface area contributed by atoms with Crippen LogP contribution in [0.3, 0.4) is 0 Å². The first-order chi connectivity index (χ1) is 5.74. The van der Waals surface area contributed by atoms with Gasteiger partial charge in [-0.25, -0.2) is 4.98 Å². The number of ether oxygens (including phenoxy) is 1. The number of anilines is 1. The Kier molecular flexibility index (Phi) is 3.49. The van der Waals surface area contributed by atoms with E-state index in [9.17, 15) is 0 Å². The molecule has 0 atom stereocenters. The topological polar surface area (TPSA) is 34.1 Å². The molecule has 1 rings (SSSR count). The van der Waals surface area contributed by atoms with Crippen LogP contribution in [0.15, 0.2) is 16.7 Å². The zero-order valence-corrected chi connectivity index (χ0v) is 8.68. The van der Waals surface area contributed by atoms with Crippen LogP contribution in [0.25, 0.3) is 0 Å². The van der Waals surface area contributed by atoms with Crippen LogP contribution in [-0.4, -0.2) is 18.8 Å². The second-order valence-electron chi connectivity index (χ2n) is 2.43. The van der Waals surface area contributed by atoms with Gasteiger partial charge in [0.2, 0.25) is 0 Å². The van der Waals surface area contributed by atoms with Gasteiger partial charge in [0, 0.05) is 17.8 Å². The van der Waals surface area contributed by atoms with E-state index >= 15 is 0 Å². The van der Waals surface area contributed by atoms with E-state index in [0.717, 1.165) is 15.9 Å². The van der Waals surface area contributed by atoms with E-state index in [1.807, 2.05) is 13.0 Å². The van der Waals surface area contributed by atoms with Gasteiger partial charge in [0.1, 0.15) is 12.5 Å². The molecule has 0 fully saturated rings. The molecule has 1 aromatic heterocycles. The quantitative estimate of drug-likeness (QED) is 0.809. The van der Waals surface area contributed by atoms with Crippen molar-refractivity contribution in [3.05, 3.63) is 22.3 Å². The molecule has 0 spiro atoms. The molecular formula is C8H11BrN2O. The van der Waals surface area contributed by atoms with Crippen molar-refractivity contribution in [2.24, 2.45) is 0 Å². The molecule has 0 saturated carbocycles. The van der Waals surface area contributed by atoms with Crippen LogP contribution in [-0.2, 0) is 4.74 Å². The van der Waals surface area contributed by atoms with E-state index in [0.29, 0.717) is 6.73 Å².